The zero-order valence-electron chi connectivity index (χ0n) is 18.4. The molecule has 0 aliphatic carbocycles. The SMILES string of the molecule is COc1ccccc1OCCn1c(CCNC(=O)c2ccccc2C)nc2ccccc21. The summed E-state index contributed by atoms with van der Waals surface area (Å²) in [4.78, 5) is 17.3. The molecule has 0 aliphatic heterocycles. The molecule has 1 N–H and O–H groups in total. The predicted octanol–water partition coefficient (Wildman–Crippen LogP) is 4.40. The Labute approximate surface area is 187 Å². The number of para-hydroxylation sites is 4. The number of methoxy groups -OCH3 is 1. The van der Waals surface area contributed by atoms with Crippen LogP contribution in [0.25, 0.3) is 11.0 Å². The molecule has 32 heavy (non-hydrogen) atoms. The highest BCUT2D eigenvalue weighted by atomic mass is 16.5. The molecule has 0 atom stereocenters. The average Bonchev–Trinajstić information content (AvgIpc) is 3.17. The lowest BCUT2D eigenvalue weighted by atomic mass is 10.1. The first kappa shape index (κ1) is 21.4. The van der Waals surface area contributed by atoms with E-state index in [1.807, 2.05) is 73.7 Å². The van der Waals surface area contributed by atoms with E-state index in [-0.39, 0.29) is 5.91 Å². The molecule has 0 bridgehead atoms. The summed E-state index contributed by atoms with van der Waals surface area (Å²) in [6.07, 6.45) is 0.626. The van der Waals surface area contributed by atoms with Gasteiger partial charge in [-0.05, 0) is 42.8 Å². The number of carbonyl (C=O) groups excluding carboxylic acids is 1. The molecule has 0 fully saturated rings. The van der Waals surface area contributed by atoms with Crippen LogP contribution in [0.4, 0.5) is 0 Å². The van der Waals surface area contributed by atoms with Gasteiger partial charge in [0.15, 0.2) is 11.5 Å². The Morgan fingerprint density at radius 3 is 2.50 bits per heavy atom. The first-order valence-electron chi connectivity index (χ1n) is 10.7. The quantitative estimate of drug-likeness (QED) is 0.428. The van der Waals surface area contributed by atoms with Gasteiger partial charge in [0, 0.05) is 18.5 Å². The summed E-state index contributed by atoms with van der Waals surface area (Å²) in [5.41, 5.74) is 3.65. The third-order valence-electron chi connectivity index (χ3n) is 5.40. The Morgan fingerprint density at radius 2 is 1.69 bits per heavy atom. The largest absolute Gasteiger partial charge is 0.493 e. The molecule has 1 heterocycles. The Balaban J connectivity index is 1.44. The first-order valence-corrected chi connectivity index (χ1v) is 10.7. The molecule has 4 rings (SSSR count). The minimum Gasteiger partial charge on any atom is -0.493 e. The van der Waals surface area contributed by atoms with Crippen LogP contribution in [-0.2, 0) is 13.0 Å². The van der Waals surface area contributed by atoms with Gasteiger partial charge in [-0.15, -0.1) is 0 Å². The standard InChI is InChI=1S/C26H27N3O3/c1-19-9-3-4-10-20(19)26(30)27-16-15-25-28-21-11-5-6-12-22(21)29(25)17-18-32-24-14-8-7-13-23(24)31-2/h3-14H,15-18H2,1-2H3,(H,27,30). The van der Waals surface area contributed by atoms with E-state index in [9.17, 15) is 4.79 Å². The number of fused-ring (bicyclic) bond motifs is 1. The van der Waals surface area contributed by atoms with Crippen molar-refractivity contribution >= 4 is 16.9 Å². The highest BCUT2D eigenvalue weighted by Gasteiger charge is 2.13. The van der Waals surface area contributed by atoms with Crippen molar-refractivity contribution in [2.75, 3.05) is 20.3 Å². The molecule has 1 aromatic heterocycles. The Hall–Kier alpha value is -3.80. The van der Waals surface area contributed by atoms with Crippen molar-refractivity contribution in [1.29, 1.82) is 0 Å². The molecule has 0 saturated heterocycles. The van der Waals surface area contributed by atoms with Crippen LogP contribution in [0.5, 0.6) is 11.5 Å². The third-order valence-corrected chi connectivity index (χ3v) is 5.40. The third kappa shape index (κ3) is 4.75. The second-order valence-electron chi connectivity index (χ2n) is 7.49. The summed E-state index contributed by atoms with van der Waals surface area (Å²) in [5.74, 6) is 2.28. The number of aryl methyl sites for hydroxylation is 1. The predicted molar refractivity (Wildman–Crippen MR) is 125 cm³/mol. The number of rotatable bonds is 9. The van der Waals surface area contributed by atoms with Crippen LogP contribution in [0.15, 0.2) is 72.8 Å². The molecule has 164 valence electrons. The Morgan fingerprint density at radius 1 is 0.969 bits per heavy atom. The zero-order valence-corrected chi connectivity index (χ0v) is 18.4. The van der Waals surface area contributed by atoms with Gasteiger partial charge in [-0.25, -0.2) is 4.98 Å². The summed E-state index contributed by atoms with van der Waals surface area (Å²) in [6.45, 7) is 3.56. The van der Waals surface area contributed by atoms with Gasteiger partial charge in [0.1, 0.15) is 12.4 Å². The number of carbonyl (C=O) groups is 1. The lowest BCUT2D eigenvalue weighted by molar-refractivity contribution is 0.0953. The van der Waals surface area contributed by atoms with E-state index in [0.29, 0.717) is 43.2 Å². The van der Waals surface area contributed by atoms with Crippen molar-refractivity contribution in [2.45, 2.75) is 19.9 Å². The van der Waals surface area contributed by atoms with Crippen LogP contribution in [-0.4, -0.2) is 35.7 Å². The van der Waals surface area contributed by atoms with Crippen molar-refractivity contribution in [3.63, 3.8) is 0 Å². The van der Waals surface area contributed by atoms with Gasteiger partial charge in [-0.1, -0.05) is 42.5 Å². The van der Waals surface area contributed by atoms with Gasteiger partial charge in [0.05, 0.1) is 24.7 Å². The summed E-state index contributed by atoms with van der Waals surface area (Å²) in [5, 5.41) is 3.02. The van der Waals surface area contributed by atoms with Crippen molar-refractivity contribution in [3.05, 3.63) is 89.7 Å². The molecule has 6 nitrogen and oxygen atoms in total. The number of benzene rings is 3. The number of hydrogen-bond donors (Lipinski definition) is 1. The smallest absolute Gasteiger partial charge is 0.251 e. The van der Waals surface area contributed by atoms with Crippen molar-refractivity contribution in [2.24, 2.45) is 0 Å². The van der Waals surface area contributed by atoms with Crippen molar-refractivity contribution in [3.8, 4) is 11.5 Å². The minimum absolute atomic E-state index is 0.0646. The maximum absolute atomic E-state index is 12.5. The van der Waals surface area contributed by atoms with Crippen LogP contribution >= 0.6 is 0 Å². The molecule has 1 amide bonds. The summed E-state index contributed by atoms with van der Waals surface area (Å²) in [6, 6.07) is 23.3. The minimum atomic E-state index is -0.0646. The highest BCUT2D eigenvalue weighted by molar-refractivity contribution is 5.95. The van der Waals surface area contributed by atoms with Gasteiger partial charge < -0.3 is 19.4 Å². The fraction of sp³-hybridized carbons (Fsp3) is 0.231. The van der Waals surface area contributed by atoms with E-state index >= 15 is 0 Å². The molecule has 0 unspecified atom stereocenters. The van der Waals surface area contributed by atoms with E-state index in [4.69, 9.17) is 14.5 Å². The molecule has 4 aromatic rings. The monoisotopic (exact) mass is 429 g/mol. The summed E-state index contributed by atoms with van der Waals surface area (Å²) >= 11 is 0. The Bertz CT molecular complexity index is 1220. The zero-order chi connectivity index (χ0) is 22.3. The topological polar surface area (TPSA) is 65.4 Å². The van der Waals surface area contributed by atoms with E-state index in [1.165, 1.54) is 0 Å². The summed E-state index contributed by atoms with van der Waals surface area (Å²) < 4.78 is 13.5. The second-order valence-corrected chi connectivity index (χ2v) is 7.49. The number of nitrogens with one attached hydrogen (secondary N) is 1. The van der Waals surface area contributed by atoms with Crippen LogP contribution in [0, 0.1) is 6.92 Å². The van der Waals surface area contributed by atoms with E-state index in [0.717, 1.165) is 22.4 Å². The molecule has 6 heteroatoms. The average molecular weight is 430 g/mol. The van der Waals surface area contributed by atoms with Gasteiger partial charge in [0.2, 0.25) is 0 Å². The normalized spacial score (nSPS) is 10.8. The molecular weight excluding hydrogens is 402 g/mol. The van der Waals surface area contributed by atoms with Gasteiger partial charge >= 0.3 is 0 Å². The van der Waals surface area contributed by atoms with Crippen LogP contribution < -0.4 is 14.8 Å². The van der Waals surface area contributed by atoms with E-state index in [2.05, 4.69) is 16.0 Å². The molecule has 0 aliphatic rings. The van der Waals surface area contributed by atoms with E-state index < -0.39 is 0 Å². The number of imidazole rings is 1. The first-order chi connectivity index (χ1) is 15.7. The maximum Gasteiger partial charge on any atom is 0.251 e. The molecule has 0 radical (unpaired) electrons. The molecule has 0 spiro atoms. The van der Waals surface area contributed by atoms with Gasteiger partial charge in [-0.3, -0.25) is 4.79 Å². The van der Waals surface area contributed by atoms with Crippen LogP contribution in [0.2, 0.25) is 0 Å². The van der Waals surface area contributed by atoms with Crippen molar-refractivity contribution in [1.82, 2.24) is 14.9 Å². The number of amides is 1. The van der Waals surface area contributed by atoms with Gasteiger partial charge in [-0.2, -0.15) is 0 Å². The lowest BCUT2D eigenvalue weighted by Gasteiger charge is -2.13. The maximum atomic E-state index is 12.5. The number of aromatic nitrogens is 2. The number of hydrogen-bond acceptors (Lipinski definition) is 4. The number of nitrogens with zero attached hydrogens (tertiary/aromatic N) is 2. The Kier molecular flexibility index (Phi) is 6.70. The second kappa shape index (κ2) is 10.0. The number of ether oxygens (including phenoxy) is 2. The van der Waals surface area contributed by atoms with Crippen LogP contribution in [0.3, 0.4) is 0 Å². The lowest BCUT2D eigenvalue weighted by Crippen LogP contribution is -2.27. The fourth-order valence-electron chi connectivity index (χ4n) is 3.76. The fourth-order valence-corrected chi connectivity index (χ4v) is 3.76. The molecule has 3 aromatic carbocycles. The van der Waals surface area contributed by atoms with Gasteiger partial charge in [0.25, 0.3) is 5.91 Å². The molecule has 0 saturated carbocycles. The van der Waals surface area contributed by atoms with Crippen LogP contribution in [0.1, 0.15) is 21.7 Å². The van der Waals surface area contributed by atoms with E-state index in [1.54, 1.807) is 7.11 Å². The molecular formula is C26H27N3O3. The highest BCUT2D eigenvalue weighted by Crippen LogP contribution is 2.26. The summed E-state index contributed by atoms with van der Waals surface area (Å²) in [7, 11) is 1.63. The van der Waals surface area contributed by atoms with Crippen molar-refractivity contribution < 1.29 is 14.3 Å².